The lowest BCUT2D eigenvalue weighted by molar-refractivity contribution is 0.638. The van der Waals surface area contributed by atoms with Crippen molar-refractivity contribution in [1.29, 1.82) is 0 Å². The Bertz CT molecular complexity index is 537. The quantitative estimate of drug-likeness (QED) is 0.861. The third-order valence-electron chi connectivity index (χ3n) is 2.93. The van der Waals surface area contributed by atoms with Crippen molar-refractivity contribution >= 4 is 0 Å². The molecular formula is C14H18N2O. The summed E-state index contributed by atoms with van der Waals surface area (Å²) in [5.74, 6) is 0. The van der Waals surface area contributed by atoms with Crippen LogP contribution in [0, 0.1) is 0 Å². The van der Waals surface area contributed by atoms with Crippen molar-refractivity contribution in [2.45, 2.75) is 33.2 Å². The van der Waals surface area contributed by atoms with Gasteiger partial charge in [0.15, 0.2) is 0 Å². The minimum Gasteiger partial charge on any atom is -0.295 e. The second-order valence-electron chi connectivity index (χ2n) is 4.13. The van der Waals surface area contributed by atoms with E-state index in [-0.39, 0.29) is 5.56 Å². The van der Waals surface area contributed by atoms with Gasteiger partial charge in [0.2, 0.25) is 0 Å². The number of aromatic amines is 1. The molecule has 0 aliphatic carbocycles. The summed E-state index contributed by atoms with van der Waals surface area (Å²) < 4.78 is 1.67. The Morgan fingerprint density at radius 2 is 1.88 bits per heavy atom. The lowest BCUT2D eigenvalue weighted by Gasteiger charge is -2.00. The van der Waals surface area contributed by atoms with Crippen molar-refractivity contribution in [2.24, 2.45) is 0 Å². The third kappa shape index (κ3) is 2.18. The number of aryl methyl sites for hydroxylation is 1. The summed E-state index contributed by atoms with van der Waals surface area (Å²) in [6.45, 7) is 4.75. The molecule has 2 rings (SSSR count). The highest BCUT2D eigenvalue weighted by Crippen LogP contribution is 2.20. The number of hydrogen-bond donors (Lipinski definition) is 1. The predicted octanol–water partition coefficient (Wildman–Crippen LogP) is 2.82. The average molecular weight is 230 g/mol. The summed E-state index contributed by atoms with van der Waals surface area (Å²) >= 11 is 0. The first kappa shape index (κ1) is 11.7. The van der Waals surface area contributed by atoms with Gasteiger partial charge in [-0.05, 0) is 18.9 Å². The van der Waals surface area contributed by atoms with Crippen LogP contribution in [0.2, 0.25) is 0 Å². The minimum atomic E-state index is 0.119. The molecule has 0 saturated carbocycles. The van der Waals surface area contributed by atoms with Gasteiger partial charge < -0.3 is 0 Å². The Morgan fingerprint density at radius 3 is 2.47 bits per heavy atom. The molecule has 1 aromatic heterocycles. The maximum Gasteiger partial charge on any atom is 0.270 e. The van der Waals surface area contributed by atoms with Crippen LogP contribution in [0.15, 0.2) is 35.1 Å². The zero-order valence-corrected chi connectivity index (χ0v) is 10.4. The summed E-state index contributed by atoms with van der Waals surface area (Å²) in [5, 5.41) is 3.20. The number of H-pyrrole nitrogens is 1. The molecule has 17 heavy (non-hydrogen) atoms. The number of nitrogens with one attached hydrogen (secondary N) is 1. The van der Waals surface area contributed by atoms with E-state index in [9.17, 15) is 4.79 Å². The summed E-state index contributed by atoms with van der Waals surface area (Å²) in [7, 11) is 0. The molecule has 1 heterocycles. The molecule has 0 atom stereocenters. The number of rotatable bonds is 4. The standard InChI is InChI=1S/C14H18N2O/c1-3-8-12-13(11-9-6-5-7-10-11)15-16(4-2)14(12)17/h5-7,9-10,15H,3-4,8H2,1-2H3. The molecular weight excluding hydrogens is 212 g/mol. The molecule has 2 aromatic rings. The maximum absolute atomic E-state index is 12.1. The van der Waals surface area contributed by atoms with Gasteiger partial charge in [-0.15, -0.1) is 0 Å². The smallest absolute Gasteiger partial charge is 0.270 e. The van der Waals surface area contributed by atoms with Crippen molar-refractivity contribution < 1.29 is 0 Å². The van der Waals surface area contributed by atoms with Crippen molar-refractivity contribution in [3.05, 3.63) is 46.2 Å². The van der Waals surface area contributed by atoms with Crippen LogP contribution in [0.4, 0.5) is 0 Å². The first-order valence-corrected chi connectivity index (χ1v) is 6.15. The summed E-state index contributed by atoms with van der Waals surface area (Å²) in [6.07, 6.45) is 1.81. The minimum absolute atomic E-state index is 0.119. The molecule has 0 saturated heterocycles. The molecule has 0 spiro atoms. The summed E-state index contributed by atoms with van der Waals surface area (Å²) in [5.41, 5.74) is 3.08. The first-order valence-electron chi connectivity index (χ1n) is 6.15. The Kier molecular flexibility index (Phi) is 3.47. The Labute approximate surface area is 101 Å². The molecule has 0 aliphatic heterocycles. The van der Waals surface area contributed by atoms with E-state index in [0.717, 1.165) is 29.7 Å². The topological polar surface area (TPSA) is 37.8 Å². The monoisotopic (exact) mass is 230 g/mol. The molecule has 3 nitrogen and oxygen atoms in total. The van der Waals surface area contributed by atoms with Gasteiger partial charge in [-0.25, -0.2) is 0 Å². The van der Waals surface area contributed by atoms with Gasteiger partial charge in [0.1, 0.15) is 0 Å². The van der Waals surface area contributed by atoms with E-state index in [2.05, 4.69) is 12.0 Å². The van der Waals surface area contributed by atoms with E-state index in [4.69, 9.17) is 0 Å². The average Bonchev–Trinajstić information content (AvgIpc) is 2.69. The van der Waals surface area contributed by atoms with Crippen molar-refractivity contribution in [1.82, 2.24) is 9.78 Å². The fourth-order valence-electron chi connectivity index (χ4n) is 2.07. The fraction of sp³-hybridized carbons (Fsp3) is 0.357. The SMILES string of the molecule is CCCc1c(-c2ccccc2)[nH]n(CC)c1=O. The molecule has 1 N–H and O–H groups in total. The molecule has 0 amide bonds. The normalized spacial score (nSPS) is 10.7. The molecule has 90 valence electrons. The predicted molar refractivity (Wildman–Crippen MR) is 70.2 cm³/mol. The number of nitrogens with zero attached hydrogens (tertiary/aromatic N) is 1. The Hall–Kier alpha value is -1.77. The lowest BCUT2D eigenvalue weighted by Crippen LogP contribution is -2.17. The van der Waals surface area contributed by atoms with Crippen molar-refractivity contribution in [3.8, 4) is 11.3 Å². The zero-order valence-electron chi connectivity index (χ0n) is 10.4. The second kappa shape index (κ2) is 5.04. The van der Waals surface area contributed by atoms with E-state index in [0.29, 0.717) is 6.54 Å². The van der Waals surface area contributed by atoms with E-state index in [1.54, 1.807) is 4.68 Å². The highest BCUT2D eigenvalue weighted by Gasteiger charge is 2.13. The Morgan fingerprint density at radius 1 is 1.18 bits per heavy atom. The van der Waals surface area contributed by atoms with Crippen LogP contribution in [0.25, 0.3) is 11.3 Å². The van der Waals surface area contributed by atoms with Gasteiger partial charge in [0, 0.05) is 12.1 Å². The van der Waals surface area contributed by atoms with E-state index in [1.165, 1.54) is 0 Å². The van der Waals surface area contributed by atoms with E-state index >= 15 is 0 Å². The molecule has 1 aromatic carbocycles. The van der Waals surface area contributed by atoms with Crippen molar-refractivity contribution in [3.63, 3.8) is 0 Å². The second-order valence-corrected chi connectivity index (χ2v) is 4.13. The van der Waals surface area contributed by atoms with Crippen LogP contribution < -0.4 is 5.56 Å². The highest BCUT2D eigenvalue weighted by atomic mass is 16.1. The molecule has 0 unspecified atom stereocenters. The highest BCUT2D eigenvalue weighted by molar-refractivity contribution is 5.62. The van der Waals surface area contributed by atoms with Crippen LogP contribution in [0.3, 0.4) is 0 Å². The van der Waals surface area contributed by atoms with Crippen LogP contribution in [0.5, 0.6) is 0 Å². The van der Waals surface area contributed by atoms with Gasteiger partial charge in [0.05, 0.1) is 5.69 Å². The zero-order chi connectivity index (χ0) is 12.3. The van der Waals surface area contributed by atoms with Crippen molar-refractivity contribution in [2.75, 3.05) is 0 Å². The molecule has 0 fully saturated rings. The lowest BCUT2D eigenvalue weighted by atomic mass is 10.1. The van der Waals surface area contributed by atoms with Gasteiger partial charge in [-0.1, -0.05) is 43.7 Å². The van der Waals surface area contributed by atoms with Crippen LogP contribution in [0.1, 0.15) is 25.8 Å². The number of hydrogen-bond acceptors (Lipinski definition) is 1. The molecule has 3 heteroatoms. The third-order valence-corrected chi connectivity index (χ3v) is 2.93. The maximum atomic E-state index is 12.1. The van der Waals surface area contributed by atoms with Gasteiger partial charge in [0.25, 0.3) is 5.56 Å². The molecule has 0 aliphatic rings. The Balaban J connectivity index is 2.57. The summed E-state index contributed by atoms with van der Waals surface area (Å²) in [4.78, 5) is 12.1. The van der Waals surface area contributed by atoms with Gasteiger partial charge in [-0.3, -0.25) is 14.6 Å². The number of aromatic nitrogens is 2. The van der Waals surface area contributed by atoms with E-state index < -0.39 is 0 Å². The van der Waals surface area contributed by atoms with E-state index in [1.807, 2.05) is 37.3 Å². The molecule has 0 bridgehead atoms. The molecule has 0 radical (unpaired) electrons. The van der Waals surface area contributed by atoms with Crippen LogP contribution >= 0.6 is 0 Å². The fourth-order valence-corrected chi connectivity index (χ4v) is 2.07. The largest absolute Gasteiger partial charge is 0.295 e. The van der Waals surface area contributed by atoms with Crippen LogP contribution in [-0.4, -0.2) is 9.78 Å². The van der Waals surface area contributed by atoms with Crippen LogP contribution in [-0.2, 0) is 13.0 Å². The van der Waals surface area contributed by atoms with Gasteiger partial charge in [-0.2, -0.15) is 0 Å². The first-order chi connectivity index (χ1) is 8.27. The van der Waals surface area contributed by atoms with Gasteiger partial charge >= 0.3 is 0 Å². The number of benzene rings is 1. The summed E-state index contributed by atoms with van der Waals surface area (Å²) in [6, 6.07) is 10.0.